The fourth-order valence-corrected chi connectivity index (χ4v) is 5.41. The van der Waals surface area contributed by atoms with Crippen LogP contribution < -0.4 is 5.32 Å². The first-order chi connectivity index (χ1) is 12.2. The van der Waals surface area contributed by atoms with E-state index in [0.29, 0.717) is 22.0 Å². The van der Waals surface area contributed by atoms with Crippen LogP contribution >= 0.6 is 11.3 Å². The Morgan fingerprint density at radius 3 is 2.69 bits per heavy atom. The predicted octanol–water partition coefficient (Wildman–Crippen LogP) is 3.68. The van der Waals surface area contributed by atoms with Gasteiger partial charge in [0.05, 0.1) is 9.77 Å². The number of anilines is 1. The van der Waals surface area contributed by atoms with E-state index in [0.717, 1.165) is 19.3 Å². The minimum atomic E-state index is -3.55. The molecule has 0 bridgehead atoms. The number of benzene rings is 1. The Bertz CT molecular complexity index is 946. The van der Waals surface area contributed by atoms with E-state index in [1.165, 1.54) is 34.9 Å². The summed E-state index contributed by atoms with van der Waals surface area (Å²) in [4.78, 5) is 14.8. The molecule has 1 heterocycles. The zero-order valence-electron chi connectivity index (χ0n) is 15.5. The third-order valence-corrected chi connectivity index (χ3v) is 7.95. The Morgan fingerprint density at radius 2 is 2.00 bits per heavy atom. The summed E-state index contributed by atoms with van der Waals surface area (Å²) < 4.78 is 26.1. The van der Waals surface area contributed by atoms with Crippen LogP contribution in [0.15, 0.2) is 29.2 Å². The van der Waals surface area contributed by atoms with Gasteiger partial charge < -0.3 is 5.32 Å². The SMILES string of the molecule is Cc1ccc(NC(=O)c2cc3c(s2)CC[C@@H](C)C3)cc1S(=O)(=O)N(C)C. The van der Waals surface area contributed by atoms with E-state index < -0.39 is 10.0 Å². The summed E-state index contributed by atoms with van der Waals surface area (Å²) in [6.45, 7) is 3.98. The molecule has 26 heavy (non-hydrogen) atoms. The van der Waals surface area contributed by atoms with Crippen molar-refractivity contribution in [2.45, 2.75) is 38.0 Å². The molecule has 0 unspecified atom stereocenters. The maximum absolute atomic E-state index is 12.6. The summed E-state index contributed by atoms with van der Waals surface area (Å²) in [6.07, 6.45) is 3.22. The second-order valence-electron chi connectivity index (χ2n) is 7.13. The van der Waals surface area contributed by atoms with Gasteiger partial charge in [-0.15, -0.1) is 11.3 Å². The number of rotatable bonds is 4. The number of carbonyl (C=O) groups excluding carboxylic acids is 1. The summed E-state index contributed by atoms with van der Waals surface area (Å²) in [5.41, 5.74) is 2.41. The van der Waals surface area contributed by atoms with Crippen LogP contribution in [0.4, 0.5) is 5.69 Å². The summed E-state index contributed by atoms with van der Waals surface area (Å²) in [6, 6.07) is 6.96. The van der Waals surface area contributed by atoms with E-state index in [1.807, 2.05) is 6.07 Å². The molecule has 0 saturated carbocycles. The molecule has 1 N–H and O–H groups in total. The number of nitrogens with zero attached hydrogens (tertiary/aromatic N) is 1. The van der Waals surface area contributed by atoms with Crippen LogP contribution in [0, 0.1) is 12.8 Å². The molecule has 1 aliphatic carbocycles. The van der Waals surface area contributed by atoms with Gasteiger partial charge in [0, 0.05) is 24.7 Å². The Hall–Kier alpha value is -1.70. The Balaban J connectivity index is 1.84. The van der Waals surface area contributed by atoms with Crippen molar-refractivity contribution in [2.75, 3.05) is 19.4 Å². The van der Waals surface area contributed by atoms with Crippen molar-refractivity contribution >= 4 is 33.0 Å². The molecule has 1 aromatic carbocycles. The Morgan fingerprint density at radius 1 is 1.27 bits per heavy atom. The van der Waals surface area contributed by atoms with Crippen LogP contribution in [0.3, 0.4) is 0 Å². The van der Waals surface area contributed by atoms with E-state index >= 15 is 0 Å². The number of sulfonamides is 1. The maximum atomic E-state index is 12.6. The van der Waals surface area contributed by atoms with E-state index in [4.69, 9.17) is 0 Å². The standard InChI is InChI=1S/C19H24N2O3S2/c1-12-5-8-16-14(9-12)10-17(25-16)19(22)20-15-7-6-13(2)18(11-15)26(23,24)21(3)4/h6-7,10-12H,5,8-9H2,1-4H3,(H,20,22)/t12-/m1/s1. The van der Waals surface area contributed by atoms with E-state index in [-0.39, 0.29) is 10.8 Å². The van der Waals surface area contributed by atoms with Crippen LogP contribution in [-0.4, -0.2) is 32.7 Å². The quantitative estimate of drug-likeness (QED) is 0.863. The molecule has 0 saturated heterocycles. The number of amides is 1. The predicted molar refractivity (Wildman–Crippen MR) is 106 cm³/mol. The van der Waals surface area contributed by atoms with Crippen LogP contribution in [0.1, 0.15) is 39.0 Å². The molecule has 0 spiro atoms. The zero-order valence-corrected chi connectivity index (χ0v) is 17.1. The van der Waals surface area contributed by atoms with Gasteiger partial charge in [0.2, 0.25) is 10.0 Å². The summed E-state index contributed by atoms with van der Waals surface area (Å²) in [5.74, 6) is 0.470. The molecule has 0 fully saturated rings. The minimum Gasteiger partial charge on any atom is -0.321 e. The molecule has 1 aliphatic rings. The lowest BCUT2D eigenvalue weighted by atomic mass is 9.90. The van der Waals surface area contributed by atoms with Crippen LogP contribution in [0.5, 0.6) is 0 Å². The molecule has 1 atom stereocenters. The van der Waals surface area contributed by atoms with Crippen LogP contribution in [-0.2, 0) is 22.9 Å². The summed E-state index contributed by atoms with van der Waals surface area (Å²) in [5, 5.41) is 2.85. The van der Waals surface area contributed by atoms with Crippen molar-refractivity contribution in [3.63, 3.8) is 0 Å². The zero-order chi connectivity index (χ0) is 19.1. The van der Waals surface area contributed by atoms with Crippen molar-refractivity contribution in [1.29, 1.82) is 0 Å². The lowest BCUT2D eigenvalue weighted by Crippen LogP contribution is -2.23. The number of carbonyl (C=O) groups is 1. The summed E-state index contributed by atoms with van der Waals surface area (Å²) in [7, 11) is -0.560. The fraction of sp³-hybridized carbons (Fsp3) is 0.421. The lowest BCUT2D eigenvalue weighted by molar-refractivity contribution is 0.103. The van der Waals surface area contributed by atoms with Gasteiger partial charge in [-0.25, -0.2) is 12.7 Å². The van der Waals surface area contributed by atoms with E-state index in [1.54, 1.807) is 30.4 Å². The van der Waals surface area contributed by atoms with Gasteiger partial charge in [0.25, 0.3) is 5.91 Å². The first kappa shape index (κ1) is 19.1. The number of hydrogen-bond donors (Lipinski definition) is 1. The van der Waals surface area contributed by atoms with Gasteiger partial charge in [-0.3, -0.25) is 4.79 Å². The third-order valence-electron chi connectivity index (χ3n) is 4.76. The number of nitrogens with one attached hydrogen (secondary N) is 1. The van der Waals surface area contributed by atoms with E-state index in [2.05, 4.69) is 12.2 Å². The van der Waals surface area contributed by atoms with Gasteiger partial charge in [0.1, 0.15) is 0 Å². The van der Waals surface area contributed by atoms with Crippen LogP contribution in [0.25, 0.3) is 0 Å². The molecule has 3 rings (SSSR count). The van der Waals surface area contributed by atoms with Gasteiger partial charge >= 0.3 is 0 Å². The Labute approximate surface area is 159 Å². The van der Waals surface area contributed by atoms with Crippen molar-refractivity contribution < 1.29 is 13.2 Å². The molecule has 7 heteroatoms. The lowest BCUT2D eigenvalue weighted by Gasteiger charge is -2.16. The summed E-state index contributed by atoms with van der Waals surface area (Å²) >= 11 is 1.54. The highest BCUT2D eigenvalue weighted by atomic mass is 32.2. The Kier molecular flexibility index (Phi) is 5.23. The average molecular weight is 393 g/mol. The minimum absolute atomic E-state index is 0.186. The molecule has 140 valence electrons. The van der Waals surface area contributed by atoms with Crippen molar-refractivity contribution in [1.82, 2.24) is 4.31 Å². The smallest absolute Gasteiger partial charge is 0.265 e. The topological polar surface area (TPSA) is 66.5 Å². The molecule has 1 aromatic heterocycles. The fourth-order valence-electron chi connectivity index (χ4n) is 3.16. The number of fused-ring (bicyclic) bond motifs is 1. The van der Waals surface area contributed by atoms with E-state index in [9.17, 15) is 13.2 Å². The normalized spacial score (nSPS) is 17.2. The number of thiophene rings is 1. The van der Waals surface area contributed by atoms with Crippen molar-refractivity contribution in [2.24, 2.45) is 5.92 Å². The van der Waals surface area contributed by atoms with Gasteiger partial charge in [-0.05, 0) is 61.4 Å². The van der Waals surface area contributed by atoms with Gasteiger partial charge in [-0.2, -0.15) is 0 Å². The highest BCUT2D eigenvalue weighted by Gasteiger charge is 2.22. The second-order valence-corrected chi connectivity index (χ2v) is 10.4. The monoisotopic (exact) mass is 392 g/mol. The molecule has 1 amide bonds. The molecular weight excluding hydrogens is 368 g/mol. The van der Waals surface area contributed by atoms with Gasteiger partial charge in [-0.1, -0.05) is 13.0 Å². The molecule has 0 radical (unpaired) electrons. The highest BCUT2D eigenvalue weighted by molar-refractivity contribution is 7.89. The molecule has 5 nitrogen and oxygen atoms in total. The number of hydrogen-bond acceptors (Lipinski definition) is 4. The molecule has 0 aliphatic heterocycles. The second kappa shape index (κ2) is 7.13. The maximum Gasteiger partial charge on any atom is 0.265 e. The molecule has 2 aromatic rings. The van der Waals surface area contributed by atoms with Gasteiger partial charge in [0.15, 0.2) is 0 Å². The van der Waals surface area contributed by atoms with Crippen molar-refractivity contribution in [3.05, 3.63) is 45.1 Å². The van der Waals surface area contributed by atoms with Crippen LogP contribution in [0.2, 0.25) is 0 Å². The first-order valence-electron chi connectivity index (χ1n) is 8.64. The first-order valence-corrected chi connectivity index (χ1v) is 10.9. The van der Waals surface area contributed by atoms with Crippen molar-refractivity contribution in [3.8, 4) is 0 Å². The number of aryl methyl sites for hydroxylation is 2. The highest BCUT2D eigenvalue weighted by Crippen LogP contribution is 2.32. The molecular formula is C19H24N2O3S2. The average Bonchev–Trinajstić information content (AvgIpc) is 2.99. The largest absolute Gasteiger partial charge is 0.321 e. The third kappa shape index (κ3) is 3.70.